The molecule has 1 aliphatic carbocycles. The summed E-state index contributed by atoms with van der Waals surface area (Å²) in [7, 11) is 0. The Hall–Kier alpha value is -1.75. The monoisotopic (exact) mass is 332 g/mol. The summed E-state index contributed by atoms with van der Waals surface area (Å²) in [6.45, 7) is 6.39. The van der Waals surface area contributed by atoms with Crippen LogP contribution >= 0.6 is 0 Å². The fourth-order valence-electron chi connectivity index (χ4n) is 3.10. The van der Waals surface area contributed by atoms with Crippen LogP contribution in [0.15, 0.2) is 24.3 Å². The lowest BCUT2D eigenvalue weighted by Gasteiger charge is -2.35. The molecule has 3 rings (SSSR count). The lowest BCUT2D eigenvalue weighted by molar-refractivity contribution is -0.126. The predicted octanol–water partition coefficient (Wildman–Crippen LogP) is 2.60. The Labute approximate surface area is 144 Å². The van der Waals surface area contributed by atoms with Gasteiger partial charge in [0.05, 0.1) is 12.6 Å². The lowest BCUT2D eigenvalue weighted by Crippen LogP contribution is -2.50. The number of hydrogen-bond donors (Lipinski definition) is 1. The van der Waals surface area contributed by atoms with E-state index in [2.05, 4.69) is 10.2 Å². The topological polar surface area (TPSA) is 50.8 Å². The molecule has 1 aromatic rings. The number of nitrogens with one attached hydrogen (secondary N) is 1. The number of carbonyl (C=O) groups is 1. The van der Waals surface area contributed by atoms with Crippen molar-refractivity contribution in [1.82, 2.24) is 10.2 Å². The fourth-order valence-corrected chi connectivity index (χ4v) is 3.10. The molecule has 5 heteroatoms. The molecule has 2 fully saturated rings. The highest BCUT2D eigenvalue weighted by atomic mass is 16.5. The highest BCUT2D eigenvalue weighted by Gasteiger charge is 2.31. The van der Waals surface area contributed by atoms with Crippen LogP contribution in [0.5, 0.6) is 11.5 Å². The highest BCUT2D eigenvalue weighted by Crippen LogP contribution is 2.29. The van der Waals surface area contributed by atoms with Gasteiger partial charge in [0, 0.05) is 19.1 Å². The van der Waals surface area contributed by atoms with Crippen LogP contribution in [-0.4, -0.2) is 48.7 Å². The summed E-state index contributed by atoms with van der Waals surface area (Å²) in [4.78, 5) is 14.4. The first-order valence-corrected chi connectivity index (χ1v) is 9.10. The predicted molar refractivity (Wildman–Crippen MR) is 93.5 cm³/mol. The standard InChI is InChI=1S/C19H28N2O3/c1-3-23-17-6-4-5-7-18(17)24-16-10-12-21(13-11-16)14(2)19(22)20-15-8-9-15/h4-7,14-16H,3,8-13H2,1-2H3,(H,20,22)/t14-/m0/s1. The van der Waals surface area contributed by atoms with Crippen LogP contribution < -0.4 is 14.8 Å². The Kier molecular flexibility index (Phi) is 5.61. The van der Waals surface area contributed by atoms with E-state index in [1.165, 1.54) is 0 Å². The maximum atomic E-state index is 12.2. The van der Waals surface area contributed by atoms with Gasteiger partial charge in [-0.2, -0.15) is 0 Å². The van der Waals surface area contributed by atoms with Crippen molar-refractivity contribution in [1.29, 1.82) is 0 Å². The number of ether oxygens (including phenoxy) is 2. The minimum Gasteiger partial charge on any atom is -0.490 e. The molecule has 1 heterocycles. The summed E-state index contributed by atoms with van der Waals surface area (Å²) >= 11 is 0. The zero-order valence-electron chi connectivity index (χ0n) is 14.7. The van der Waals surface area contributed by atoms with Gasteiger partial charge < -0.3 is 14.8 Å². The average Bonchev–Trinajstić information content (AvgIpc) is 3.41. The van der Waals surface area contributed by atoms with E-state index < -0.39 is 0 Å². The van der Waals surface area contributed by atoms with Crippen LogP contribution in [0.2, 0.25) is 0 Å². The fraction of sp³-hybridized carbons (Fsp3) is 0.632. The zero-order valence-corrected chi connectivity index (χ0v) is 14.7. The first-order valence-electron chi connectivity index (χ1n) is 9.10. The second-order valence-corrected chi connectivity index (χ2v) is 6.69. The maximum Gasteiger partial charge on any atom is 0.237 e. The number of benzene rings is 1. The molecule has 1 aromatic carbocycles. The first-order chi connectivity index (χ1) is 11.7. The summed E-state index contributed by atoms with van der Waals surface area (Å²) in [6, 6.07) is 8.21. The number of piperidine rings is 1. The van der Waals surface area contributed by atoms with E-state index >= 15 is 0 Å². The Bertz CT molecular complexity index is 551. The number of nitrogens with zero attached hydrogens (tertiary/aromatic N) is 1. The van der Waals surface area contributed by atoms with Crippen molar-refractivity contribution >= 4 is 5.91 Å². The molecule has 0 unspecified atom stereocenters. The number of carbonyl (C=O) groups excluding carboxylic acids is 1. The Morgan fingerprint density at radius 2 is 1.88 bits per heavy atom. The summed E-state index contributed by atoms with van der Waals surface area (Å²) in [6.07, 6.45) is 4.31. The van der Waals surface area contributed by atoms with Crippen molar-refractivity contribution in [2.75, 3.05) is 19.7 Å². The minimum atomic E-state index is -0.0535. The van der Waals surface area contributed by atoms with Gasteiger partial charge in [-0.15, -0.1) is 0 Å². The molecule has 24 heavy (non-hydrogen) atoms. The summed E-state index contributed by atoms with van der Waals surface area (Å²) in [5, 5.41) is 3.10. The Balaban J connectivity index is 1.49. The van der Waals surface area contributed by atoms with Crippen molar-refractivity contribution < 1.29 is 14.3 Å². The van der Waals surface area contributed by atoms with Crippen molar-refractivity contribution in [2.45, 2.75) is 57.7 Å². The third kappa shape index (κ3) is 4.41. The molecule has 0 bridgehead atoms. The van der Waals surface area contributed by atoms with Gasteiger partial charge in [-0.3, -0.25) is 9.69 Å². The molecule has 132 valence electrons. The summed E-state index contributed by atoms with van der Waals surface area (Å²) in [5.74, 6) is 1.79. The van der Waals surface area contributed by atoms with Crippen LogP contribution in [0, 0.1) is 0 Å². The van der Waals surface area contributed by atoms with E-state index in [-0.39, 0.29) is 18.1 Å². The number of hydrogen-bond acceptors (Lipinski definition) is 4. The van der Waals surface area contributed by atoms with Crippen molar-refractivity contribution in [3.8, 4) is 11.5 Å². The molecule has 0 aromatic heterocycles. The normalized spacial score (nSPS) is 20.4. The summed E-state index contributed by atoms with van der Waals surface area (Å²) < 4.78 is 11.8. The number of rotatable bonds is 7. The molecule has 1 N–H and O–H groups in total. The molecule has 1 amide bonds. The molecule has 0 spiro atoms. The Morgan fingerprint density at radius 3 is 2.50 bits per heavy atom. The molecule has 1 saturated carbocycles. The van der Waals surface area contributed by atoms with Crippen molar-refractivity contribution in [3.63, 3.8) is 0 Å². The van der Waals surface area contributed by atoms with Gasteiger partial charge in [-0.05, 0) is 51.7 Å². The number of amides is 1. The summed E-state index contributed by atoms with van der Waals surface area (Å²) in [5.41, 5.74) is 0. The highest BCUT2D eigenvalue weighted by molar-refractivity contribution is 5.81. The Morgan fingerprint density at radius 1 is 1.21 bits per heavy atom. The average molecular weight is 332 g/mol. The molecule has 5 nitrogen and oxygen atoms in total. The molecule has 1 atom stereocenters. The van der Waals surface area contributed by atoms with Crippen LogP contribution in [0.4, 0.5) is 0 Å². The second kappa shape index (κ2) is 7.88. The molecular weight excluding hydrogens is 304 g/mol. The van der Waals surface area contributed by atoms with Gasteiger partial charge in [0.25, 0.3) is 0 Å². The second-order valence-electron chi connectivity index (χ2n) is 6.69. The number of likely N-dealkylation sites (tertiary alicyclic amines) is 1. The van der Waals surface area contributed by atoms with Crippen LogP contribution in [0.25, 0.3) is 0 Å². The third-order valence-electron chi connectivity index (χ3n) is 4.77. The minimum absolute atomic E-state index is 0.0535. The van der Waals surface area contributed by atoms with E-state index in [0.717, 1.165) is 50.3 Å². The number of para-hydroxylation sites is 2. The SMILES string of the molecule is CCOc1ccccc1OC1CCN([C@@H](C)C(=O)NC2CC2)CC1. The molecule has 1 aliphatic heterocycles. The maximum absolute atomic E-state index is 12.2. The van der Waals surface area contributed by atoms with Gasteiger partial charge >= 0.3 is 0 Å². The van der Waals surface area contributed by atoms with Gasteiger partial charge in [-0.25, -0.2) is 0 Å². The molecule has 1 saturated heterocycles. The third-order valence-corrected chi connectivity index (χ3v) is 4.77. The van der Waals surface area contributed by atoms with Gasteiger partial charge in [0.2, 0.25) is 5.91 Å². The molecule has 2 aliphatic rings. The van der Waals surface area contributed by atoms with Crippen LogP contribution in [0.1, 0.15) is 39.5 Å². The van der Waals surface area contributed by atoms with E-state index in [1.807, 2.05) is 38.1 Å². The van der Waals surface area contributed by atoms with E-state index in [1.54, 1.807) is 0 Å². The zero-order chi connectivity index (χ0) is 16.9. The van der Waals surface area contributed by atoms with E-state index in [0.29, 0.717) is 12.6 Å². The molecular formula is C19H28N2O3. The quantitative estimate of drug-likeness (QED) is 0.834. The smallest absolute Gasteiger partial charge is 0.237 e. The van der Waals surface area contributed by atoms with Crippen molar-refractivity contribution in [3.05, 3.63) is 24.3 Å². The lowest BCUT2D eigenvalue weighted by atomic mass is 10.1. The van der Waals surface area contributed by atoms with Crippen LogP contribution in [0.3, 0.4) is 0 Å². The van der Waals surface area contributed by atoms with Gasteiger partial charge in [0.1, 0.15) is 6.10 Å². The first kappa shape index (κ1) is 17.1. The van der Waals surface area contributed by atoms with Crippen LogP contribution in [-0.2, 0) is 4.79 Å². The molecule has 0 radical (unpaired) electrons. The largest absolute Gasteiger partial charge is 0.490 e. The van der Waals surface area contributed by atoms with Crippen molar-refractivity contribution in [2.24, 2.45) is 0 Å². The van der Waals surface area contributed by atoms with E-state index in [9.17, 15) is 4.79 Å². The van der Waals surface area contributed by atoms with Gasteiger partial charge in [-0.1, -0.05) is 12.1 Å². The van der Waals surface area contributed by atoms with E-state index in [4.69, 9.17) is 9.47 Å². The van der Waals surface area contributed by atoms with Gasteiger partial charge in [0.15, 0.2) is 11.5 Å².